The van der Waals surface area contributed by atoms with Crippen molar-refractivity contribution in [1.82, 2.24) is 9.88 Å². The molecule has 0 spiro atoms. The molecule has 0 atom stereocenters. The van der Waals surface area contributed by atoms with Crippen molar-refractivity contribution in [2.24, 2.45) is 0 Å². The third kappa shape index (κ3) is 5.93. The Bertz CT molecular complexity index is 491. The molecule has 22 heavy (non-hydrogen) atoms. The number of piperidine rings is 1. The lowest BCUT2D eigenvalue weighted by Gasteiger charge is -2.31. The van der Waals surface area contributed by atoms with Crippen LogP contribution in [0.1, 0.15) is 33.6 Å². The summed E-state index contributed by atoms with van der Waals surface area (Å²) < 4.78 is 12.2. The van der Waals surface area contributed by atoms with Crippen molar-refractivity contribution in [2.75, 3.05) is 19.6 Å². The molecule has 0 N–H and O–H groups in total. The molecule has 1 fully saturated rings. The number of hydrogen-bond acceptors (Lipinski definition) is 5. The van der Waals surface area contributed by atoms with Crippen molar-refractivity contribution in [2.45, 2.75) is 45.3 Å². The van der Waals surface area contributed by atoms with Crippen molar-refractivity contribution in [1.29, 1.82) is 0 Å². The molecule has 1 saturated heterocycles. The molecule has 6 heteroatoms. The first-order valence-electron chi connectivity index (χ1n) is 7.54. The molecule has 1 aromatic heterocycles. The van der Waals surface area contributed by atoms with Crippen LogP contribution in [-0.4, -0.2) is 47.2 Å². The van der Waals surface area contributed by atoms with Gasteiger partial charge in [-0.1, -0.05) is 0 Å². The normalized spacial score (nSPS) is 17.3. The molecule has 1 aromatic rings. The number of likely N-dealkylation sites (tertiary alicyclic amines) is 1. The average Bonchev–Trinajstić information content (AvgIpc) is 2.41. The molecule has 0 amide bonds. The Hall–Kier alpha value is -1.14. The fraction of sp³-hybridized carbons (Fsp3) is 0.625. The van der Waals surface area contributed by atoms with Gasteiger partial charge in [0.25, 0.3) is 0 Å². The van der Waals surface area contributed by atoms with Gasteiger partial charge in [0.05, 0.1) is 6.54 Å². The zero-order valence-corrected chi connectivity index (χ0v) is 14.9. The van der Waals surface area contributed by atoms with Crippen LogP contribution >= 0.6 is 15.9 Å². The number of halogens is 1. The van der Waals surface area contributed by atoms with E-state index in [1.807, 2.05) is 32.9 Å². The Labute approximate surface area is 140 Å². The van der Waals surface area contributed by atoms with Crippen molar-refractivity contribution < 1.29 is 14.3 Å². The van der Waals surface area contributed by atoms with E-state index in [-0.39, 0.29) is 12.1 Å². The first-order valence-corrected chi connectivity index (χ1v) is 8.33. The number of carbonyl (C=O) groups excluding carboxylic acids is 1. The maximum atomic E-state index is 11.8. The van der Waals surface area contributed by atoms with Gasteiger partial charge in [0.1, 0.15) is 11.7 Å². The molecular weight excluding hydrogens is 348 g/mol. The minimum atomic E-state index is -0.425. The van der Waals surface area contributed by atoms with Crippen LogP contribution in [0.5, 0.6) is 5.88 Å². The summed E-state index contributed by atoms with van der Waals surface area (Å²) in [7, 11) is 0. The van der Waals surface area contributed by atoms with Crippen molar-refractivity contribution in [3.63, 3.8) is 0 Å². The number of carbonyl (C=O) groups is 1. The summed E-state index contributed by atoms with van der Waals surface area (Å²) in [6.07, 6.45) is 3.66. The summed E-state index contributed by atoms with van der Waals surface area (Å²) in [5.41, 5.74) is -0.425. The quantitative estimate of drug-likeness (QED) is 0.762. The molecule has 1 aliphatic heterocycles. The molecule has 1 aliphatic rings. The highest BCUT2D eigenvalue weighted by Gasteiger charge is 2.24. The predicted octanol–water partition coefficient (Wildman–Crippen LogP) is 3.03. The number of hydrogen-bond donors (Lipinski definition) is 0. The number of nitrogens with zero attached hydrogens (tertiary/aromatic N) is 2. The Morgan fingerprint density at radius 3 is 2.59 bits per heavy atom. The predicted molar refractivity (Wildman–Crippen MR) is 87.9 cm³/mol. The lowest BCUT2D eigenvalue weighted by Crippen LogP contribution is -2.42. The Kier molecular flexibility index (Phi) is 5.81. The average molecular weight is 371 g/mol. The standard InChI is InChI=1S/C16H23BrN2O3/c1-16(2,3)22-15(20)11-19-8-6-13(7-9-19)21-14-5-4-12(17)10-18-14/h4-5,10,13H,6-9,11H2,1-3H3. The largest absolute Gasteiger partial charge is 0.474 e. The van der Waals surface area contributed by atoms with E-state index in [1.54, 1.807) is 6.20 Å². The van der Waals surface area contributed by atoms with Gasteiger partial charge in [0.2, 0.25) is 5.88 Å². The van der Waals surface area contributed by atoms with Gasteiger partial charge in [-0.25, -0.2) is 4.98 Å². The zero-order chi connectivity index (χ0) is 16.2. The molecule has 0 saturated carbocycles. The van der Waals surface area contributed by atoms with E-state index < -0.39 is 5.60 Å². The maximum absolute atomic E-state index is 11.8. The number of aromatic nitrogens is 1. The maximum Gasteiger partial charge on any atom is 0.320 e. The summed E-state index contributed by atoms with van der Waals surface area (Å²) in [6, 6.07) is 3.77. The molecule has 0 aliphatic carbocycles. The number of pyridine rings is 1. The Morgan fingerprint density at radius 1 is 1.36 bits per heavy atom. The van der Waals surface area contributed by atoms with E-state index in [9.17, 15) is 4.79 Å². The third-order valence-corrected chi connectivity index (χ3v) is 3.76. The van der Waals surface area contributed by atoms with Gasteiger partial charge in [0, 0.05) is 29.8 Å². The van der Waals surface area contributed by atoms with Gasteiger partial charge >= 0.3 is 5.97 Å². The van der Waals surface area contributed by atoms with Gasteiger partial charge in [-0.05, 0) is 55.6 Å². The van der Waals surface area contributed by atoms with Crippen molar-refractivity contribution >= 4 is 21.9 Å². The van der Waals surface area contributed by atoms with Crippen LogP contribution in [0.2, 0.25) is 0 Å². The number of rotatable bonds is 4. The molecule has 5 nitrogen and oxygen atoms in total. The number of ether oxygens (including phenoxy) is 2. The van der Waals surface area contributed by atoms with Gasteiger partial charge in [0.15, 0.2) is 0 Å². The highest BCUT2D eigenvalue weighted by Crippen LogP contribution is 2.19. The fourth-order valence-electron chi connectivity index (χ4n) is 2.34. The molecule has 0 aromatic carbocycles. The van der Waals surface area contributed by atoms with E-state index in [2.05, 4.69) is 25.8 Å². The van der Waals surface area contributed by atoms with Crippen molar-refractivity contribution in [3.05, 3.63) is 22.8 Å². The summed E-state index contributed by atoms with van der Waals surface area (Å²) >= 11 is 3.35. The van der Waals surface area contributed by atoms with Crippen molar-refractivity contribution in [3.8, 4) is 5.88 Å². The monoisotopic (exact) mass is 370 g/mol. The van der Waals surface area contributed by atoms with Crippen LogP contribution in [0.4, 0.5) is 0 Å². The first kappa shape index (κ1) is 17.2. The zero-order valence-electron chi connectivity index (χ0n) is 13.3. The van der Waals surface area contributed by atoms with E-state index >= 15 is 0 Å². The first-order chi connectivity index (χ1) is 10.3. The van der Waals surface area contributed by atoms with E-state index in [1.165, 1.54) is 0 Å². The second-order valence-electron chi connectivity index (χ2n) is 6.49. The number of esters is 1. The molecule has 0 bridgehead atoms. The van der Waals surface area contributed by atoms with E-state index in [0.717, 1.165) is 30.4 Å². The van der Waals surface area contributed by atoms with Crippen LogP contribution in [0.3, 0.4) is 0 Å². The van der Waals surface area contributed by atoms with Crippen LogP contribution in [0, 0.1) is 0 Å². The highest BCUT2D eigenvalue weighted by atomic mass is 79.9. The fourth-order valence-corrected chi connectivity index (χ4v) is 2.58. The SMILES string of the molecule is CC(C)(C)OC(=O)CN1CCC(Oc2ccc(Br)cn2)CC1. The van der Waals surface area contributed by atoms with Crippen LogP contribution in [-0.2, 0) is 9.53 Å². The lowest BCUT2D eigenvalue weighted by molar-refractivity contribution is -0.156. The molecule has 2 rings (SSSR count). The van der Waals surface area contributed by atoms with Gasteiger partial charge in [-0.3, -0.25) is 9.69 Å². The minimum Gasteiger partial charge on any atom is -0.474 e. The topological polar surface area (TPSA) is 51.7 Å². The Morgan fingerprint density at radius 2 is 2.05 bits per heavy atom. The van der Waals surface area contributed by atoms with Gasteiger partial charge in [-0.2, -0.15) is 0 Å². The summed E-state index contributed by atoms with van der Waals surface area (Å²) in [5.74, 6) is 0.482. The van der Waals surface area contributed by atoms with Crippen LogP contribution in [0.15, 0.2) is 22.8 Å². The third-order valence-electron chi connectivity index (χ3n) is 3.29. The molecule has 0 radical (unpaired) electrons. The molecular formula is C16H23BrN2O3. The van der Waals surface area contributed by atoms with E-state index in [0.29, 0.717) is 12.4 Å². The van der Waals surface area contributed by atoms with Gasteiger partial charge < -0.3 is 9.47 Å². The lowest BCUT2D eigenvalue weighted by atomic mass is 10.1. The Balaban J connectivity index is 1.73. The highest BCUT2D eigenvalue weighted by molar-refractivity contribution is 9.10. The van der Waals surface area contributed by atoms with Gasteiger partial charge in [-0.15, -0.1) is 0 Å². The smallest absolute Gasteiger partial charge is 0.320 e. The minimum absolute atomic E-state index is 0.156. The van der Waals surface area contributed by atoms with E-state index in [4.69, 9.17) is 9.47 Å². The van der Waals surface area contributed by atoms with Crippen LogP contribution < -0.4 is 4.74 Å². The molecule has 2 heterocycles. The molecule has 0 unspecified atom stereocenters. The summed E-state index contributed by atoms with van der Waals surface area (Å²) in [5, 5.41) is 0. The van der Waals surface area contributed by atoms with Crippen LogP contribution in [0.25, 0.3) is 0 Å². The summed E-state index contributed by atoms with van der Waals surface area (Å²) in [4.78, 5) is 18.2. The summed E-state index contributed by atoms with van der Waals surface area (Å²) in [6.45, 7) is 7.67. The molecule has 122 valence electrons. The second-order valence-corrected chi connectivity index (χ2v) is 7.41. The second kappa shape index (κ2) is 7.42.